The molecule has 2 amide bonds. The topological polar surface area (TPSA) is 58.4 Å². The third-order valence-corrected chi connectivity index (χ3v) is 5.69. The van der Waals surface area contributed by atoms with Gasteiger partial charge >= 0.3 is 0 Å². The Balaban J connectivity index is 1.57. The van der Waals surface area contributed by atoms with Gasteiger partial charge in [0, 0.05) is 63.4 Å². The lowest BCUT2D eigenvalue weighted by atomic mass is 9.73. The smallest absolute Gasteiger partial charge is 0.224 e. The maximum atomic E-state index is 12.6. The number of unbranched alkanes of at least 4 members (excludes halogenated alkanes) is 1. The molecule has 6 nitrogen and oxygen atoms in total. The molecule has 6 heteroatoms. The summed E-state index contributed by atoms with van der Waals surface area (Å²) in [4.78, 5) is 33.0. The van der Waals surface area contributed by atoms with Crippen molar-refractivity contribution < 1.29 is 9.59 Å². The lowest BCUT2D eigenvalue weighted by Crippen LogP contribution is -2.55. The van der Waals surface area contributed by atoms with Crippen LogP contribution in [0.25, 0.3) is 0 Å². The molecule has 0 aromatic carbocycles. The Hall–Kier alpha value is -1.85. The molecule has 0 saturated carbocycles. The second kappa shape index (κ2) is 8.02. The van der Waals surface area contributed by atoms with E-state index >= 15 is 0 Å². The number of likely N-dealkylation sites (tertiary alicyclic amines) is 2. The van der Waals surface area contributed by atoms with Gasteiger partial charge in [-0.2, -0.15) is 0 Å². The monoisotopic (exact) mass is 346 g/mol. The fourth-order valence-electron chi connectivity index (χ4n) is 4.21. The fourth-order valence-corrected chi connectivity index (χ4v) is 4.21. The van der Waals surface area contributed by atoms with E-state index in [-0.39, 0.29) is 11.3 Å². The van der Waals surface area contributed by atoms with E-state index in [1.165, 1.54) is 0 Å². The van der Waals surface area contributed by atoms with Gasteiger partial charge in [0.2, 0.25) is 11.8 Å². The van der Waals surface area contributed by atoms with Gasteiger partial charge in [0.25, 0.3) is 0 Å². The number of aryl methyl sites for hydroxylation is 1. The van der Waals surface area contributed by atoms with E-state index in [1.54, 1.807) is 12.5 Å². The summed E-state index contributed by atoms with van der Waals surface area (Å²) < 4.78 is 1.95. The van der Waals surface area contributed by atoms with E-state index < -0.39 is 0 Å². The van der Waals surface area contributed by atoms with Gasteiger partial charge in [-0.25, -0.2) is 4.98 Å². The van der Waals surface area contributed by atoms with E-state index in [2.05, 4.69) is 11.9 Å². The van der Waals surface area contributed by atoms with Crippen molar-refractivity contribution in [2.45, 2.75) is 58.4 Å². The van der Waals surface area contributed by atoms with Crippen molar-refractivity contribution in [1.29, 1.82) is 0 Å². The number of hydrogen-bond acceptors (Lipinski definition) is 3. The normalized spacial score (nSPS) is 24.1. The number of carbonyl (C=O) groups is 2. The molecule has 0 aliphatic carbocycles. The molecule has 0 radical (unpaired) electrons. The van der Waals surface area contributed by atoms with Crippen LogP contribution in [0.15, 0.2) is 18.7 Å². The first kappa shape index (κ1) is 18.0. The number of aromatic nitrogens is 2. The predicted octanol–water partition coefficient (Wildman–Crippen LogP) is 2.30. The highest BCUT2D eigenvalue weighted by Crippen LogP contribution is 2.39. The molecule has 2 aliphatic rings. The maximum Gasteiger partial charge on any atom is 0.224 e. The number of hydrogen-bond donors (Lipinski definition) is 0. The maximum absolute atomic E-state index is 12.6. The van der Waals surface area contributed by atoms with Crippen LogP contribution in [-0.2, 0) is 16.1 Å². The van der Waals surface area contributed by atoms with E-state index in [0.717, 1.165) is 58.3 Å². The van der Waals surface area contributed by atoms with E-state index in [4.69, 9.17) is 0 Å². The summed E-state index contributed by atoms with van der Waals surface area (Å²) >= 11 is 0. The third kappa shape index (κ3) is 4.41. The van der Waals surface area contributed by atoms with Gasteiger partial charge in [0.15, 0.2) is 0 Å². The zero-order valence-corrected chi connectivity index (χ0v) is 15.3. The molecule has 1 spiro atoms. The number of nitrogens with zero attached hydrogens (tertiary/aromatic N) is 4. The number of piperidine rings is 2. The van der Waals surface area contributed by atoms with Crippen molar-refractivity contribution in [2.24, 2.45) is 5.41 Å². The molecular weight excluding hydrogens is 316 g/mol. The predicted molar refractivity (Wildman–Crippen MR) is 95.8 cm³/mol. The Morgan fingerprint density at radius 1 is 1.28 bits per heavy atom. The highest BCUT2D eigenvalue weighted by Gasteiger charge is 2.42. The average Bonchev–Trinajstić information content (AvgIpc) is 3.14. The van der Waals surface area contributed by atoms with Gasteiger partial charge in [0.1, 0.15) is 0 Å². The van der Waals surface area contributed by atoms with Gasteiger partial charge in [-0.3, -0.25) is 9.59 Å². The summed E-state index contributed by atoms with van der Waals surface area (Å²) in [6.07, 6.45) is 11.8. The molecule has 2 saturated heterocycles. The van der Waals surface area contributed by atoms with Crippen LogP contribution in [0.5, 0.6) is 0 Å². The summed E-state index contributed by atoms with van der Waals surface area (Å²) in [6.45, 7) is 6.21. The molecule has 1 aromatic heterocycles. The highest BCUT2D eigenvalue weighted by atomic mass is 16.2. The van der Waals surface area contributed by atoms with Crippen LogP contribution in [0.4, 0.5) is 0 Å². The molecule has 0 bridgehead atoms. The van der Waals surface area contributed by atoms with Gasteiger partial charge in [-0.05, 0) is 25.7 Å². The number of carbonyl (C=O) groups excluding carboxylic acids is 2. The summed E-state index contributed by atoms with van der Waals surface area (Å²) in [5.74, 6) is 0.521. The second-order valence-electron chi connectivity index (χ2n) is 7.64. The summed E-state index contributed by atoms with van der Waals surface area (Å²) in [5.41, 5.74) is 0.116. The molecule has 1 aromatic rings. The van der Waals surface area contributed by atoms with Crippen molar-refractivity contribution in [3.05, 3.63) is 18.7 Å². The zero-order chi connectivity index (χ0) is 17.7. The minimum Gasteiger partial charge on any atom is -0.342 e. The molecule has 1 atom stereocenters. The van der Waals surface area contributed by atoms with Gasteiger partial charge in [-0.1, -0.05) is 13.3 Å². The molecule has 3 heterocycles. The van der Waals surface area contributed by atoms with Crippen molar-refractivity contribution in [2.75, 3.05) is 26.2 Å². The van der Waals surface area contributed by atoms with Crippen LogP contribution >= 0.6 is 0 Å². The van der Waals surface area contributed by atoms with Crippen molar-refractivity contribution in [3.63, 3.8) is 0 Å². The van der Waals surface area contributed by atoms with Crippen LogP contribution < -0.4 is 0 Å². The van der Waals surface area contributed by atoms with Gasteiger partial charge in [-0.15, -0.1) is 0 Å². The Kier molecular flexibility index (Phi) is 5.76. The second-order valence-corrected chi connectivity index (χ2v) is 7.64. The van der Waals surface area contributed by atoms with Crippen LogP contribution in [0.1, 0.15) is 51.9 Å². The summed E-state index contributed by atoms with van der Waals surface area (Å²) in [5, 5.41) is 0. The van der Waals surface area contributed by atoms with Crippen LogP contribution in [0.3, 0.4) is 0 Å². The van der Waals surface area contributed by atoms with Crippen LogP contribution in [0, 0.1) is 5.41 Å². The minimum absolute atomic E-state index is 0.116. The van der Waals surface area contributed by atoms with E-state index in [9.17, 15) is 9.59 Å². The molecule has 0 unspecified atom stereocenters. The quantitative estimate of drug-likeness (QED) is 0.794. The number of imidazole rings is 1. The number of rotatable bonds is 6. The van der Waals surface area contributed by atoms with Gasteiger partial charge < -0.3 is 14.4 Å². The first-order valence-electron chi connectivity index (χ1n) is 9.63. The van der Waals surface area contributed by atoms with Crippen LogP contribution in [-0.4, -0.2) is 57.3 Å². The minimum atomic E-state index is 0.116. The molecule has 25 heavy (non-hydrogen) atoms. The average molecular weight is 346 g/mol. The molecule has 0 N–H and O–H groups in total. The Labute approximate surface area is 150 Å². The van der Waals surface area contributed by atoms with Gasteiger partial charge in [0.05, 0.1) is 6.33 Å². The largest absolute Gasteiger partial charge is 0.342 e. The summed E-state index contributed by atoms with van der Waals surface area (Å²) in [6, 6.07) is 0. The summed E-state index contributed by atoms with van der Waals surface area (Å²) in [7, 11) is 0. The molecule has 138 valence electrons. The molecule has 2 fully saturated rings. The SMILES string of the molecule is CCCCN1C[C@@]2(CCCN(C(=O)CCn3ccnc3)C2)CCC1=O. The van der Waals surface area contributed by atoms with E-state index in [0.29, 0.717) is 25.3 Å². The lowest BCUT2D eigenvalue weighted by molar-refractivity contribution is -0.143. The zero-order valence-electron chi connectivity index (χ0n) is 15.3. The third-order valence-electron chi connectivity index (χ3n) is 5.69. The standard InChI is InChI=1S/C19H30N4O2/c1-2-3-10-22-14-19(8-5-17(22)24)7-4-11-23(15-19)18(25)6-12-21-13-9-20-16-21/h9,13,16H,2-8,10-12,14-15H2,1H3/t19-/m1/s1. The van der Waals surface area contributed by atoms with Crippen molar-refractivity contribution in [1.82, 2.24) is 19.4 Å². The van der Waals surface area contributed by atoms with Crippen LogP contribution in [0.2, 0.25) is 0 Å². The van der Waals surface area contributed by atoms with Crippen molar-refractivity contribution >= 4 is 11.8 Å². The van der Waals surface area contributed by atoms with Crippen molar-refractivity contribution in [3.8, 4) is 0 Å². The Bertz CT molecular complexity index is 586. The molecular formula is C19H30N4O2. The number of amides is 2. The first-order chi connectivity index (χ1) is 12.1. The Morgan fingerprint density at radius 3 is 2.92 bits per heavy atom. The van der Waals surface area contributed by atoms with E-state index in [1.807, 2.05) is 20.6 Å². The lowest BCUT2D eigenvalue weighted by Gasteiger charge is -2.48. The Morgan fingerprint density at radius 2 is 2.16 bits per heavy atom. The first-order valence-corrected chi connectivity index (χ1v) is 9.63. The highest BCUT2D eigenvalue weighted by molar-refractivity contribution is 5.78. The molecule has 2 aliphatic heterocycles. The molecule has 3 rings (SSSR count). The fraction of sp³-hybridized carbons (Fsp3) is 0.737.